The van der Waals surface area contributed by atoms with E-state index in [1.807, 2.05) is 0 Å². The monoisotopic (exact) mass is 414 g/mol. The van der Waals surface area contributed by atoms with Crippen molar-refractivity contribution in [1.82, 2.24) is 4.57 Å². The lowest BCUT2D eigenvalue weighted by Crippen LogP contribution is -2.62. The van der Waals surface area contributed by atoms with E-state index < -0.39 is 0 Å². The van der Waals surface area contributed by atoms with Gasteiger partial charge in [-0.25, -0.2) is 0 Å². The molecule has 3 heteroatoms. The fourth-order valence-electron chi connectivity index (χ4n) is 9.27. The van der Waals surface area contributed by atoms with Gasteiger partial charge >= 0.3 is 0 Å². The number of nitrogens with one attached hydrogen (secondary N) is 1. The average molecular weight is 415 g/mol. The number of carbonyl (C=O) groups is 1. The number of anilines is 1. The summed E-state index contributed by atoms with van der Waals surface area (Å²) in [7, 11) is 0. The summed E-state index contributed by atoms with van der Waals surface area (Å²) in [6.07, 6.45) is 7.00. The Kier molecular flexibility index (Phi) is 3.71. The molecule has 3 nitrogen and oxygen atoms in total. The number of hydrogen-bond acceptors (Lipinski definition) is 1. The van der Waals surface area contributed by atoms with Gasteiger partial charge in [-0.3, -0.25) is 4.79 Å². The van der Waals surface area contributed by atoms with Gasteiger partial charge in [-0.2, -0.15) is 0 Å². The van der Waals surface area contributed by atoms with Crippen LogP contribution in [0.1, 0.15) is 66.2 Å². The van der Waals surface area contributed by atoms with E-state index in [1.54, 1.807) is 0 Å². The minimum Gasteiger partial charge on any atom is -0.341 e. The van der Waals surface area contributed by atoms with E-state index in [4.69, 9.17) is 0 Å². The summed E-state index contributed by atoms with van der Waals surface area (Å²) in [5.41, 5.74) is 4.17. The van der Waals surface area contributed by atoms with Crippen molar-refractivity contribution in [3.8, 4) is 0 Å². The number of carbonyl (C=O) groups excluding carboxylic acids is 1. The van der Waals surface area contributed by atoms with Gasteiger partial charge in [-0.15, -0.1) is 0 Å². The summed E-state index contributed by atoms with van der Waals surface area (Å²) in [6.45, 7) is 10.4. The Morgan fingerprint density at radius 2 is 1.42 bits per heavy atom. The number of nitrogens with zero attached hydrogens (tertiary/aromatic N) is 1. The quantitative estimate of drug-likeness (QED) is 0.485. The van der Waals surface area contributed by atoms with E-state index in [1.165, 1.54) is 41.1 Å². The number of para-hydroxylation sites is 1. The lowest BCUT2D eigenvalue weighted by molar-refractivity contribution is -0.188. The number of fused-ring (bicyclic) bond motifs is 3. The van der Waals surface area contributed by atoms with Crippen LogP contribution in [0, 0.1) is 21.7 Å². The fourth-order valence-corrected chi connectivity index (χ4v) is 9.27. The highest BCUT2D eigenvalue weighted by molar-refractivity contribution is 6.10. The Bertz CT molecular complexity index is 1180. The molecule has 4 saturated carbocycles. The van der Waals surface area contributed by atoms with Crippen molar-refractivity contribution in [3.05, 3.63) is 42.5 Å². The highest BCUT2D eigenvalue weighted by atomic mass is 16.2. The highest BCUT2D eigenvalue weighted by Crippen LogP contribution is 2.73. The number of aryl methyl sites for hydroxylation is 1. The van der Waals surface area contributed by atoms with Crippen molar-refractivity contribution in [2.24, 2.45) is 21.7 Å². The van der Waals surface area contributed by atoms with Crippen LogP contribution in [0.4, 0.5) is 5.69 Å². The zero-order valence-electron chi connectivity index (χ0n) is 19.3. The van der Waals surface area contributed by atoms with Crippen molar-refractivity contribution < 1.29 is 4.79 Å². The molecular formula is C28H34N2O. The smallest absolute Gasteiger partial charge is 0.230 e. The lowest BCUT2D eigenvalue weighted by Gasteiger charge is -2.68. The molecule has 4 aliphatic carbocycles. The molecule has 1 heterocycles. The predicted molar refractivity (Wildman–Crippen MR) is 128 cm³/mol. The van der Waals surface area contributed by atoms with Gasteiger partial charge in [0.25, 0.3) is 0 Å². The van der Waals surface area contributed by atoms with Gasteiger partial charge in [0.05, 0.1) is 5.41 Å². The molecule has 3 aromatic rings. The molecule has 1 aromatic heterocycles. The van der Waals surface area contributed by atoms with Crippen LogP contribution in [0.5, 0.6) is 0 Å². The number of amides is 1. The van der Waals surface area contributed by atoms with Gasteiger partial charge in [0, 0.05) is 34.0 Å². The lowest BCUT2D eigenvalue weighted by atomic mass is 9.36. The SMILES string of the molecule is CCn1c2ccccc2c2cc(NC(=O)C34CC5(C)CC(C)(CC(C)(C5)C3)C4)ccc21. The van der Waals surface area contributed by atoms with Crippen molar-refractivity contribution >= 4 is 33.4 Å². The van der Waals surface area contributed by atoms with Gasteiger partial charge < -0.3 is 9.88 Å². The minimum atomic E-state index is -0.209. The first-order chi connectivity index (χ1) is 14.7. The van der Waals surface area contributed by atoms with Crippen LogP contribution in [0.25, 0.3) is 21.8 Å². The number of hydrogen-bond donors (Lipinski definition) is 1. The Morgan fingerprint density at radius 3 is 2.03 bits per heavy atom. The molecule has 4 aliphatic rings. The minimum absolute atomic E-state index is 0.209. The van der Waals surface area contributed by atoms with Crippen molar-refractivity contribution in [1.29, 1.82) is 0 Å². The first-order valence-electron chi connectivity index (χ1n) is 12.0. The third-order valence-electron chi connectivity index (χ3n) is 8.68. The molecule has 0 atom stereocenters. The third-order valence-corrected chi connectivity index (χ3v) is 8.68. The topological polar surface area (TPSA) is 34.0 Å². The van der Waals surface area contributed by atoms with Crippen LogP contribution in [0.2, 0.25) is 0 Å². The number of rotatable bonds is 3. The van der Waals surface area contributed by atoms with E-state index in [0.717, 1.165) is 31.5 Å². The largest absolute Gasteiger partial charge is 0.341 e. The average Bonchev–Trinajstić information content (AvgIpc) is 2.97. The van der Waals surface area contributed by atoms with Crippen LogP contribution in [0.15, 0.2) is 42.5 Å². The van der Waals surface area contributed by atoms with E-state index in [2.05, 4.69) is 80.0 Å². The predicted octanol–water partition coefficient (Wildman–Crippen LogP) is 7.14. The molecule has 0 spiro atoms. The van der Waals surface area contributed by atoms with Gasteiger partial charge in [-0.05, 0) is 86.0 Å². The maximum atomic E-state index is 13.8. The van der Waals surface area contributed by atoms with Crippen LogP contribution in [0.3, 0.4) is 0 Å². The number of benzene rings is 2. The first-order valence-corrected chi connectivity index (χ1v) is 12.0. The van der Waals surface area contributed by atoms with E-state index in [0.29, 0.717) is 16.2 Å². The van der Waals surface area contributed by atoms with Crippen LogP contribution >= 0.6 is 0 Å². The molecule has 0 aliphatic heterocycles. The Balaban J connectivity index is 1.38. The van der Waals surface area contributed by atoms with Crippen molar-refractivity contribution in [2.45, 2.75) is 72.8 Å². The zero-order valence-corrected chi connectivity index (χ0v) is 19.3. The molecule has 31 heavy (non-hydrogen) atoms. The summed E-state index contributed by atoms with van der Waals surface area (Å²) < 4.78 is 2.36. The normalized spacial score (nSPS) is 36.4. The third kappa shape index (κ3) is 2.74. The van der Waals surface area contributed by atoms with Gasteiger partial charge in [0.15, 0.2) is 0 Å². The molecule has 0 saturated heterocycles. The molecule has 0 unspecified atom stereocenters. The first kappa shape index (κ1) is 19.4. The molecule has 7 rings (SSSR count). The maximum absolute atomic E-state index is 13.8. The standard InChI is InChI=1S/C28H34N2O/c1-5-30-22-9-7-6-8-20(22)21-12-19(10-11-23(21)30)29-24(31)28-16-25(2)13-26(3,17-28)15-27(4,14-25)18-28/h6-12H,5,13-18H2,1-4H3,(H,29,31). The van der Waals surface area contributed by atoms with Gasteiger partial charge in [0.2, 0.25) is 5.91 Å². The van der Waals surface area contributed by atoms with Crippen LogP contribution in [-0.4, -0.2) is 10.5 Å². The second-order valence-electron chi connectivity index (χ2n) is 12.2. The molecule has 4 fully saturated rings. The summed E-state index contributed by atoms with van der Waals surface area (Å²) >= 11 is 0. The van der Waals surface area contributed by atoms with Crippen molar-refractivity contribution in [3.63, 3.8) is 0 Å². The fraction of sp³-hybridized carbons (Fsp3) is 0.536. The van der Waals surface area contributed by atoms with Crippen molar-refractivity contribution in [2.75, 3.05) is 5.32 Å². The maximum Gasteiger partial charge on any atom is 0.230 e. The summed E-state index contributed by atoms with van der Waals surface area (Å²) in [5.74, 6) is 0.258. The van der Waals surface area contributed by atoms with Crippen LogP contribution < -0.4 is 5.32 Å². The summed E-state index contributed by atoms with van der Waals surface area (Å²) in [6, 6.07) is 15.0. The number of aromatic nitrogens is 1. The van der Waals surface area contributed by atoms with Gasteiger partial charge in [0.1, 0.15) is 0 Å². The molecule has 1 amide bonds. The van der Waals surface area contributed by atoms with Crippen LogP contribution in [-0.2, 0) is 11.3 Å². The molecule has 2 aromatic carbocycles. The second kappa shape index (κ2) is 5.94. The molecule has 1 N–H and O–H groups in total. The summed E-state index contributed by atoms with van der Waals surface area (Å²) in [5, 5.41) is 5.88. The zero-order chi connectivity index (χ0) is 21.6. The van der Waals surface area contributed by atoms with E-state index >= 15 is 0 Å². The Morgan fingerprint density at radius 1 is 0.839 bits per heavy atom. The molecule has 162 valence electrons. The molecule has 0 radical (unpaired) electrons. The highest BCUT2D eigenvalue weighted by Gasteiger charge is 2.66. The van der Waals surface area contributed by atoms with E-state index in [-0.39, 0.29) is 11.3 Å². The molecular weight excluding hydrogens is 380 g/mol. The van der Waals surface area contributed by atoms with E-state index in [9.17, 15) is 4.79 Å². The Hall–Kier alpha value is -2.29. The molecule has 4 bridgehead atoms. The summed E-state index contributed by atoms with van der Waals surface area (Å²) in [4.78, 5) is 13.8. The Labute approximate surface area is 185 Å². The second-order valence-corrected chi connectivity index (χ2v) is 12.2. The van der Waals surface area contributed by atoms with Gasteiger partial charge in [-0.1, -0.05) is 39.0 Å².